The van der Waals surface area contributed by atoms with Crippen molar-refractivity contribution in [3.63, 3.8) is 0 Å². The van der Waals surface area contributed by atoms with Crippen molar-refractivity contribution >= 4 is 29.1 Å². The normalized spacial score (nSPS) is 20.9. The summed E-state index contributed by atoms with van der Waals surface area (Å²) in [5.74, 6) is -0.480. The topological polar surface area (TPSA) is 119 Å². The molecule has 1 aliphatic carbocycles. The SMILES string of the molecule is Nc1nc(Cc2cc(Cl)ccc2OC(F)(F)F)c([N+](=O)[O-])c(NC[C@H]2CC[C@H](N3CCCC3)CC2)n1. The molecule has 2 heterocycles. The van der Waals surface area contributed by atoms with Crippen LogP contribution in [0, 0.1) is 16.0 Å². The summed E-state index contributed by atoms with van der Waals surface area (Å²) in [4.78, 5) is 21.9. The predicted octanol–water partition coefficient (Wildman–Crippen LogP) is 5.18. The lowest BCUT2D eigenvalue weighted by molar-refractivity contribution is -0.385. The van der Waals surface area contributed by atoms with Gasteiger partial charge >= 0.3 is 12.0 Å². The number of nitro groups is 1. The van der Waals surface area contributed by atoms with Gasteiger partial charge in [0.05, 0.1) is 4.92 Å². The Kier molecular flexibility index (Phi) is 8.04. The molecule has 0 radical (unpaired) electrons. The molecule has 0 spiro atoms. The number of aromatic nitrogens is 2. The molecule has 1 saturated heterocycles. The van der Waals surface area contributed by atoms with Crippen LogP contribution in [0.3, 0.4) is 0 Å². The van der Waals surface area contributed by atoms with Crippen molar-refractivity contribution in [1.82, 2.24) is 14.9 Å². The number of alkyl halides is 3. The standard InChI is InChI=1S/C23H28ClF3N6O3/c24-16-5-8-19(36-23(25,26)27)15(11-16)12-18-20(33(34)35)21(31-22(28)30-18)29-13-14-3-6-17(7-4-14)32-9-1-2-10-32/h5,8,11,14,17H,1-4,6-7,9-10,12-13H2,(H3,28,29,30,31)/t14-,17-. The quantitative estimate of drug-likeness (QED) is 0.355. The number of nitrogen functional groups attached to an aromatic ring is 1. The van der Waals surface area contributed by atoms with Crippen molar-refractivity contribution in [1.29, 1.82) is 0 Å². The summed E-state index contributed by atoms with van der Waals surface area (Å²) in [6, 6.07) is 4.14. The lowest BCUT2D eigenvalue weighted by Gasteiger charge is -2.34. The zero-order chi connectivity index (χ0) is 25.9. The van der Waals surface area contributed by atoms with E-state index >= 15 is 0 Å². The van der Waals surface area contributed by atoms with Crippen LogP contribution in [0.5, 0.6) is 5.75 Å². The molecule has 0 atom stereocenters. The summed E-state index contributed by atoms with van der Waals surface area (Å²) >= 11 is 5.96. The fourth-order valence-electron chi connectivity index (χ4n) is 5.11. The van der Waals surface area contributed by atoms with E-state index in [4.69, 9.17) is 17.3 Å². The number of hydrogen-bond acceptors (Lipinski definition) is 8. The summed E-state index contributed by atoms with van der Waals surface area (Å²) in [5, 5.41) is 15.2. The smallest absolute Gasteiger partial charge is 0.405 e. The van der Waals surface area contributed by atoms with Crippen LogP contribution in [0.4, 0.5) is 30.6 Å². The largest absolute Gasteiger partial charge is 0.573 e. The summed E-state index contributed by atoms with van der Waals surface area (Å²) in [6.07, 6.45) is 1.37. The summed E-state index contributed by atoms with van der Waals surface area (Å²) in [5.41, 5.74) is 5.23. The molecule has 0 bridgehead atoms. The van der Waals surface area contributed by atoms with Gasteiger partial charge in [0.2, 0.25) is 11.8 Å². The molecule has 2 aromatic rings. The minimum Gasteiger partial charge on any atom is -0.405 e. The molecule has 4 rings (SSSR count). The third-order valence-corrected chi connectivity index (χ3v) is 7.03. The van der Waals surface area contributed by atoms with Crippen LogP contribution < -0.4 is 15.8 Å². The highest BCUT2D eigenvalue weighted by Crippen LogP contribution is 2.35. The van der Waals surface area contributed by atoms with Crippen LogP contribution in [0.1, 0.15) is 49.8 Å². The van der Waals surface area contributed by atoms with Crippen LogP contribution in [-0.4, -0.2) is 51.8 Å². The minimum atomic E-state index is -4.94. The molecule has 3 N–H and O–H groups in total. The molecule has 2 fully saturated rings. The van der Waals surface area contributed by atoms with Crippen LogP contribution in [0.15, 0.2) is 18.2 Å². The average Bonchev–Trinajstić information content (AvgIpc) is 3.33. The number of ether oxygens (including phenoxy) is 1. The Bertz CT molecular complexity index is 1090. The maximum atomic E-state index is 12.9. The zero-order valence-corrected chi connectivity index (χ0v) is 20.3. The second-order valence-corrected chi connectivity index (χ2v) is 9.69. The van der Waals surface area contributed by atoms with Gasteiger partial charge in [0, 0.05) is 29.6 Å². The van der Waals surface area contributed by atoms with E-state index in [9.17, 15) is 23.3 Å². The third kappa shape index (κ3) is 6.67. The summed E-state index contributed by atoms with van der Waals surface area (Å²) < 4.78 is 42.7. The van der Waals surface area contributed by atoms with E-state index in [2.05, 4.69) is 24.9 Å². The number of halogens is 4. The number of benzene rings is 1. The molecule has 9 nitrogen and oxygen atoms in total. The lowest BCUT2D eigenvalue weighted by Crippen LogP contribution is -2.37. The van der Waals surface area contributed by atoms with Gasteiger partial charge in [-0.1, -0.05) is 11.6 Å². The van der Waals surface area contributed by atoms with Crippen molar-refractivity contribution < 1.29 is 22.8 Å². The second kappa shape index (κ2) is 11.0. The molecule has 1 saturated carbocycles. The molecule has 1 aromatic carbocycles. The molecule has 36 heavy (non-hydrogen) atoms. The number of likely N-dealkylation sites (tertiary alicyclic amines) is 1. The van der Waals surface area contributed by atoms with Crippen molar-refractivity contribution in [3.05, 3.63) is 44.6 Å². The first-order valence-electron chi connectivity index (χ1n) is 11.9. The first kappa shape index (κ1) is 26.2. The number of hydrogen-bond donors (Lipinski definition) is 2. The highest BCUT2D eigenvalue weighted by atomic mass is 35.5. The maximum absolute atomic E-state index is 12.9. The van der Waals surface area contributed by atoms with Gasteiger partial charge in [-0.15, -0.1) is 13.2 Å². The second-order valence-electron chi connectivity index (χ2n) is 9.26. The minimum absolute atomic E-state index is 0.0211. The monoisotopic (exact) mass is 528 g/mol. The summed E-state index contributed by atoms with van der Waals surface area (Å²) in [7, 11) is 0. The number of nitrogens with zero attached hydrogens (tertiary/aromatic N) is 4. The Labute approximate surface area is 211 Å². The first-order valence-corrected chi connectivity index (χ1v) is 12.3. The van der Waals surface area contributed by atoms with Gasteiger partial charge in [-0.3, -0.25) is 10.1 Å². The average molecular weight is 529 g/mol. The molecular formula is C23H28ClF3N6O3. The zero-order valence-electron chi connectivity index (χ0n) is 19.6. The van der Waals surface area contributed by atoms with Gasteiger partial charge in [-0.05, 0) is 75.7 Å². The highest BCUT2D eigenvalue weighted by Gasteiger charge is 2.33. The molecule has 196 valence electrons. The van der Waals surface area contributed by atoms with Crippen LogP contribution >= 0.6 is 11.6 Å². The van der Waals surface area contributed by atoms with E-state index in [0.29, 0.717) is 18.5 Å². The number of anilines is 2. The number of nitrogens with two attached hydrogens (primary N) is 1. The van der Waals surface area contributed by atoms with Crippen molar-refractivity contribution in [3.8, 4) is 5.75 Å². The van der Waals surface area contributed by atoms with Crippen molar-refractivity contribution in [2.75, 3.05) is 30.7 Å². The van der Waals surface area contributed by atoms with Gasteiger partial charge in [0.25, 0.3) is 0 Å². The molecule has 1 aliphatic heterocycles. The van der Waals surface area contributed by atoms with E-state index in [1.54, 1.807) is 0 Å². The van der Waals surface area contributed by atoms with E-state index in [0.717, 1.165) is 44.8 Å². The Balaban J connectivity index is 1.50. The van der Waals surface area contributed by atoms with Gasteiger partial charge in [-0.2, -0.15) is 4.98 Å². The Morgan fingerprint density at radius 3 is 2.53 bits per heavy atom. The van der Waals surface area contributed by atoms with E-state index < -0.39 is 22.7 Å². The fourth-order valence-corrected chi connectivity index (χ4v) is 5.31. The maximum Gasteiger partial charge on any atom is 0.573 e. The predicted molar refractivity (Wildman–Crippen MR) is 129 cm³/mol. The number of rotatable bonds is 8. The molecule has 13 heteroatoms. The molecule has 0 amide bonds. The third-order valence-electron chi connectivity index (χ3n) is 6.79. The Morgan fingerprint density at radius 1 is 1.19 bits per heavy atom. The number of nitrogens with one attached hydrogen (secondary N) is 1. The van der Waals surface area contributed by atoms with E-state index in [1.165, 1.54) is 25.0 Å². The van der Waals surface area contributed by atoms with Gasteiger partial charge in [0.1, 0.15) is 11.4 Å². The van der Waals surface area contributed by atoms with Gasteiger partial charge in [0.15, 0.2) is 0 Å². The van der Waals surface area contributed by atoms with Gasteiger partial charge in [-0.25, -0.2) is 4.98 Å². The van der Waals surface area contributed by atoms with Gasteiger partial charge < -0.3 is 20.7 Å². The molecule has 1 aromatic heterocycles. The molecule has 2 aliphatic rings. The van der Waals surface area contributed by atoms with E-state index in [1.807, 2.05) is 0 Å². The Morgan fingerprint density at radius 2 is 1.89 bits per heavy atom. The lowest BCUT2D eigenvalue weighted by atomic mass is 9.85. The van der Waals surface area contributed by atoms with Crippen LogP contribution in [-0.2, 0) is 6.42 Å². The van der Waals surface area contributed by atoms with Crippen molar-refractivity contribution in [2.45, 2.75) is 57.3 Å². The van der Waals surface area contributed by atoms with Crippen molar-refractivity contribution in [2.24, 2.45) is 5.92 Å². The highest BCUT2D eigenvalue weighted by molar-refractivity contribution is 6.30. The fraction of sp³-hybridized carbons (Fsp3) is 0.565. The Hall–Kier alpha value is -2.86. The summed E-state index contributed by atoms with van der Waals surface area (Å²) in [6.45, 7) is 2.79. The molecule has 0 unspecified atom stereocenters. The molecular weight excluding hydrogens is 501 g/mol. The van der Waals surface area contributed by atoms with Crippen LogP contribution in [0.2, 0.25) is 5.02 Å². The van der Waals surface area contributed by atoms with Crippen LogP contribution in [0.25, 0.3) is 0 Å². The van der Waals surface area contributed by atoms with E-state index in [-0.39, 0.29) is 34.5 Å². The first-order chi connectivity index (χ1) is 17.1.